The van der Waals surface area contributed by atoms with Crippen LogP contribution in [-0.4, -0.2) is 30.7 Å². The van der Waals surface area contributed by atoms with E-state index in [1.54, 1.807) is 21.3 Å². The van der Waals surface area contributed by atoms with Gasteiger partial charge in [0.2, 0.25) is 0 Å². The maximum absolute atomic E-state index is 5.51. The van der Waals surface area contributed by atoms with Crippen LogP contribution in [0.1, 0.15) is 5.56 Å². The summed E-state index contributed by atoms with van der Waals surface area (Å²) >= 11 is 0. The third-order valence-electron chi connectivity index (χ3n) is 4.78. The molecule has 0 atom stereocenters. The smallest absolute Gasteiger partial charge is 0.161 e. The molecule has 0 saturated heterocycles. The van der Waals surface area contributed by atoms with Crippen LogP contribution in [0.3, 0.4) is 0 Å². The van der Waals surface area contributed by atoms with Crippen molar-refractivity contribution in [3.8, 4) is 28.5 Å². The number of rotatable bonds is 6. The Morgan fingerprint density at radius 1 is 0.828 bits per heavy atom. The van der Waals surface area contributed by atoms with Crippen LogP contribution in [0.25, 0.3) is 16.9 Å². The van der Waals surface area contributed by atoms with Gasteiger partial charge in [-0.1, -0.05) is 18.2 Å². The molecule has 0 amide bonds. The Morgan fingerprint density at radius 3 is 2.34 bits per heavy atom. The monoisotopic (exact) mass is 389 g/mol. The standard InChI is InChI=1S/C23H23N3O3/c1-15-9-12-21-25-22(16-10-11-19(28-3)20(13-16)29-4)23(26(21)14-15)24-17-7-5-6-8-18(17)27-2/h5-14,24H,1-4H3. The summed E-state index contributed by atoms with van der Waals surface area (Å²) in [5, 5.41) is 3.51. The Balaban J connectivity index is 1.91. The number of hydrogen-bond donors (Lipinski definition) is 1. The number of fused-ring (bicyclic) bond motifs is 1. The zero-order valence-electron chi connectivity index (χ0n) is 16.9. The number of benzene rings is 2. The van der Waals surface area contributed by atoms with Gasteiger partial charge < -0.3 is 19.5 Å². The molecular weight excluding hydrogens is 366 g/mol. The Hall–Kier alpha value is -3.67. The number of aromatic nitrogens is 2. The lowest BCUT2D eigenvalue weighted by atomic mass is 10.1. The number of ether oxygens (including phenoxy) is 3. The van der Waals surface area contributed by atoms with Gasteiger partial charge >= 0.3 is 0 Å². The van der Waals surface area contributed by atoms with Crippen LogP contribution in [0, 0.1) is 6.92 Å². The molecule has 0 saturated carbocycles. The van der Waals surface area contributed by atoms with Crippen molar-refractivity contribution in [2.75, 3.05) is 26.6 Å². The second kappa shape index (κ2) is 7.75. The molecule has 0 bridgehead atoms. The van der Waals surface area contributed by atoms with Crippen molar-refractivity contribution < 1.29 is 14.2 Å². The van der Waals surface area contributed by atoms with E-state index in [2.05, 4.69) is 18.4 Å². The lowest BCUT2D eigenvalue weighted by Crippen LogP contribution is -1.99. The summed E-state index contributed by atoms with van der Waals surface area (Å²) in [5.41, 5.74) is 4.57. The number of para-hydroxylation sites is 2. The molecule has 0 unspecified atom stereocenters. The molecule has 2 heterocycles. The third-order valence-corrected chi connectivity index (χ3v) is 4.78. The van der Waals surface area contributed by atoms with Gasteiger partial charge in [-0.05, 0) is 48.9 Å². The molecular formula is C23H23N3O3. The summed E-state index contributed by atoms with van der Waals surface area (Å²) in [6, 6.07) is 17.7. The normalized spacial score (nSPS) is 10.8. The predicted molar refractivity (Wildman–Crippen MR) is 115 cm³/mol. The molecule has 0 aliphatic heterocycles. The van der Waals surface area contributed by atoms with Crippen LogP contribution in [0.4, 0.5) is 11.5 Å². The van der Waals surface area contributed by atoms with E-state index in [0.29, 0.717) is 11.5 Å². The van der Waals surface area contributed by atoms with Crippen LogP contribution in [0.2, 0.25) is 0 Å². The summed E-state index contributed by atoms with van der Waals surface area (Å²) in [5.74, 6) is 2.94. The number of aryl methyl sites for hydroxylation is 1. The molecule has 4 aromatic rings. The summed E-state index contributed by atoms with van der Waals surface area (Å²) in [6.45, 7) is 2.06. The van der Waals surface area contributed by atoms with E-state index in [0.717, 1.165) is 39.7 Å². The molecule has 6 heteroatoms. The summed E-state index contributed by atoms with van der Waals surface area (Å²) in [7, 11) is 4.91. The molecule has 4 rings (SSSR count). The van der Waals surface area contributed by atoms with E-state index in [-0.39, 0.29) is 0 Å². The van der Waals surface area contributed by atoms with Crippen LogP contribution in [0.5, 0.6) is 17.2 Å². The molecule has 2 aromatic carbocycles. The van der Waals surface area contributed by atoms with Crippen molar-refractivity contribution in [3.63, 3.8) is 0 Å². The molecule has 2 aromatic heterocycles. The number of anilines is 2. The van der Waals surface area contributed by atoms with Gasteiger partial charge in [-0.3, -0.25) is 4.40 Å². The van der Waals surface area contributed by atoms with Crippen molar-refractivity contribution in [2.24, 2.45) is 0 Å². The second-order valence-corrected chi connectivity index (χ2v) is 6.64. The van der Waals surface area contributed by atoms with E-state index in [1.165, 1.54) is 0 Å². The lowest BCUT2D eigenvalue weighted by Gasteiger charge is -2.13. The van der Waals surface area contributed by atoms with Gasteiger partial charge in [-0.2, -0.15) is 0 Å². The highest BCUT2D eigenvalue weighted by molar-refractivity contribution is 5.82. The van der Waals surface area contributed by atoms with Gasteiger partial charge in [0.05, 0.1) is 27.0 Å². The van der Waals surface area contributed by atoms with Crippen LogP contribution < -0.4 is 19.5 Å². The van der Waals surface area contributed by atoms with E-state index < -0.39 is 0 Å². The first-order valence-electron chi connectivity index (χ1n) is 9.25. The average Bonchev–Trinajstić information content (AvgIpc) is 3.11. The molecule has 29 heavy (non-hydrogen) atoms. The highest BCUT2D eigenvalue weighted by Gasteiger charge is 2.17. The van der Waals surface area contributed by atoms with Crippen molar-refractivity contribution >= 4 is 17.2 Å². The first-order chi connectivity index (χ1) is 14.1. The van der Waals surface area contributed by atoms with E-state index >= 15 is 0 Å². The van der Waals surface area contributed by atoms with Gasteiger partial charge in [0.1, 0.15) is 22.9 Å². The van der Waals surface area contributed by atoms with Gasteiger partial charge in [-0.25, -0.2) is 4.98 Å². The number of nitrogens with one attached hydrogen (secondary N) is 1. The van der Waals surface area contributed by atoms with Gasteiger partial charge in [-0.15, -0.1) is 0 Å². The second-order valence-electron chi connectivity index (χ2n) is 6.64. The quantitative estimate of drug-likeness (QED) is 0.498. The Bertz CT molecular complexity index is 1170. The van der Waals surface area contributed by atoms with E-state index in [1.807, 2.05) is 59.0 Å². The predicted octanol–water partition coefficient (Wildman–Crippen LogP) is 5.08. The highest BCUT2D eigenvalue weighted by Crippen LogP contribution is 2.38. The highest BCUT2D eigenvalue weighted by atomic mass is 16.5. The van der Waals surface area contributed by atoms with E-state index in [4.69, 9.17) is 19.2 Å². The van der Waals surface area contributed by atoms with Gasteiger partial charge in [0.15, 0.2) is 11.5 Å². The van der Waals surface area contributed by atoms with Crippen molar-refractivity contribution in [3.05, 3.63) is 66.4 Å². The molecule has 0 fully saturated rings. The molecule has 0 aliphatic rings. The fourth-order valence-corrected chi connectivity index (χ4v) is 3.33. The molecule has 0 radical (unpaired) electrons. The fraction of sp³-hybridized carbons (Fsp3) is 0.174. The molecule has 6 nitrogen and oxygen atoms in total. The largest absolute Gasteiger partial charge is 0.495 e. The first-order valence-corrected chi connectivity index (χ1v) is 9.25. The minimum atomic E-state index is 0.654. The van der Waals surface area contributed by atoms with Crippen LogP contribution in [-0.2, 0) is 0 Å². The topological polar surface area (TPSA) is 57.0 Å². The number of nitrogens with zero attached hydrogens (tertiary/aromatic N) is 2. The van der Waals surface area contributed by atoms with Crippen molar-refractivity contribution in [1.82, 2.24) is 9.38 Å². The first kappa shape index (κ1) is 18.7. The van der Waals surface area contributed by atoms with Crippen molar-refractivity contribution in [1.29, 1.82) is 0 Å². The molecule has 0 spiro atoms. The SMILES string of the molecule is COc1ccccc1Nc1c(-c2ccc(OC)c(OC)c2)nc2ccc(C)cn12. The molecule has 0 aliphatic carbocycles. The number of pyridine rings is 1. The average molecular weight is 389 g/mol. The fourth-order valence-electron chi connectivity index (χ4n) is 3.33. The summed E-state index contributed by atoms with van der Waals surface area (Å²) in [4.78, 5) is 4.87. The zero-order valence-corrected chi connectivity index (χ0v) is 16.9. The number of methoxy groups -OCH3 is 3. The van der Waals surface area contributed by atoms with Crippen LogP contribution >= 0.6 is 0 Å². The van der Waals surface area contributed by atoms with Gasteiger partial charge in [0.25, 0.3) is 0 Å². The molecule has 1 N–H and O–H groups in total. The lowest BCUT2D eigenvalue weighted by molar-refractivity contribution is 0.355. The minimum absolute atomic E-state index is 0.654. The van der Waals surface area contributed by atoms with E-state index in [9.17, 15) is 0 Å². The number of imidazole rings is 1. The summed E-state index contributed by atoms with van der Waals surface area (Å²) in [6.07, 6.45) is 2.06. The maximum atomic E-state index is 5.51. The molecule has 148 valence electrons. The number of hydrogen-bond acceptors (Lipinski definition) is 5. The van der Waals surface area contributed by atoms with Crippen LogP contribution in [0.15, 0.2) is 60.8 Å². The van der Waals surface area contributed by atoms with Gasteiger partial charge in [0, 0.05) is 11.8 Å². The third kappa shape index (κ3) is 3.45. The Labute approximate surface area is 169 Å². The maximum Gasteiger partial charge on any atom is 0.161 e. The van der Waals surface area contributed by atoms with Crippen molar-refractivity contribution in [2.45, 2.75) is 6.92 Å². The minimum Gasteiger partial charge on any atom is -0.495 e. The Morgan fingerprint density at radius 2 is 1.59 bits per heavy atom. The Kier molecular flexibility index (Phi) is 4.99. The zero-order chi connectivity index (χ0) is 20.4. The summed E-state index contributed by atoms with van der Waals surface area (Å²) < 4.78 is 18.4.